The van der Waals surface area contributed by atoms with Gasteiger partial charge in [0, 0.05) is 18.5 Å². The van der Waals surface area contributed by atoms with Crippen molar-refractivity contribution in [1.82, 2.24) is 10.1 Å². The topological polar surface area (TPSA) is 55.6 Å². The van der Waals surface area contributed by atoms with Gasteiger partial charge in [-0.1, -0.05) is 31.1 Å². The molecule has 0 aliphatic rings. The van der Waals surface area contributed by atoms with Gasteiger partial charge in [-0.15, -0.1) is 0 Å². The van der Waals surface area contributed by atoms with Gasteiger partial charge in [-0.3, -0.25) is 4.90 Å². The molecule has 0 saturated heterocycles. The lowest BCUT2D eigenvalue weighted by molar-refractivity contribution is 0.0509. The normalized spacial score (nSPS) is 10.9. The minimum absolute atomic E-state index is 0.300. The molecule has 0 N–H and O–H groups in total. The highest BCUT2D eigenvalue weighted by molar-refractivity contribution is 5.89. The van der Waals surface area contributed by atoms with E-state index in [1.807, 2.05) is 24.3 Å². The Balaban J connectivity index is 1.82. The molecule has 0 saturated carbocycles. The minimum atomic E-state index is -0.300. The van der Waals surface area contributed by atoms with Crippen LogP contribution >= 0.6 is 0 Å². The van der Waals surface area contributed by atoms with Crippen LogP contribution in [0.4, 0.5) is 0 Å². The molecule has 0 aliphatic heterocycles. The zero-order chi connectivity index (χ0) is 15.8. The van der Waals surface area contributed by atoms with Crippen LogP contribution in [0.2, 0.25) is 0 Å². The van der Waals surface area contributed by atoms with Crippen molar-refractivity contribution in [2.24, 2.45) is 0 Å². The van der Waals surface area contributed by atoms with Crippen LogP contribution < -0.4 is 0 Å². The highest BCUT2D eigenvalue weighted by Gasteiger charge is 2.08. The summed E-state index contributed by atoms with van der Waals surface area (Å²) in [5, 5.41) is 3.61. The monoisotopic (exact) mass is 302 g/mol. The number of carbonyl (C=O) groups excluding carboxylic acids is 1. The molecule has 5 heteroatoms. The van der Waals surface area contributed by atoms with Crippen LogP contribution in [-0.2, 0) is 17.7 Å². The Morgan fingerprint density at radius 1 is 1.18 bits per heavy atom. The van der Waals surface area contributed by atoms with Gasteiger partial charge in [-0.2, -0.15) is 0 Å². The number of hydrogen-bond acceptors (Lipinski definition) is 5. The van der Waals surface area contributed by atoms with Crippen molar-refractivity contribution in [3.8, 4) is 0 Å². The van der Waals surface area contributed by atoms with E-state index in [0.29, 0.717) is 18.6 Å². The van der Waals surface area contributed by atoms with Crippen molar-refractivity contribution >= 4 is 5.97 Å². The van der Waals surface area contributed by atoms with E-state index in [2.05, 4.69) is 23.9 Å². The lowest BCUT2D eigenvalue weighted by atomic mass is 10.1. The van der Waals surface area contributed by atoms with Gasteiger partial charge in [-0.25, -0.2) is 4.79 Å². The summed E-state index contributed by atoms with van der Waals surface area (Å²) in [7, 11) is 0. The van der Waals surface area contributed by atoms with E-state index in [-0.39, 0.29) is 5.97 Å². The Morgan fingerprint density at radius 3 is 2.50 bits per heavy atom. The zero-order valence-corrected chi connectivity index (χ0v) is 13.1. The molecule has 0 spiro atoms. The average molecular weight is 302 g/mol. The third kappa shape index (κ3) is 4.70. The van der Waals surface area contributed by atoms with E-state index in [9.17, 15) is 4.79 Å². The molecule has 1 aromatic heterocycles. The van der Waals surface area contributed by atoms with Crippen LogP contribution in [-0.4, -0.2) is 35.7 Å². The van der Waals surface area contributed by atoms with Crippen LogP contribution in [0.25, 0.3) is 0 Å². The third-order valence-corrected chi connectivity index (χ3v) is 3.60. The van der Waals surface area contributed by atoms with E-state index in [0.717, 1.165) is 25.2 Å². The molecule has 0 radical (unpaired) electrons. The van der Waals surface area contributed by atoms with E-state index >= 15 is 0 Å². The summed E-state index contributed by atoms with van der Waals surface area (Å²) >= 11 is 0. The molecule has 118 valence electrons. The molecule has 0 atom stereocenters. The molecule has 1 heterocycles. The highest BCUT2D eigenvalue weighted by Crippen LogP contribution is 2.09. The highest BCUT2D eigenvalue weighted by atomic mass is 16.5. The first kappa shape index (κ1) is 16.2. The third-order valence-electron chi connectivity index (χ3n) is 3.60. The summed E-state index contributed by atoms with van der Waals surface area (Å²) in [6, 6.07) is 7.60. The summed E-state index contributed by atoms with van der Waals surface area (Å²) < 4.78 is 9.97. The van der Waals surface area contributed by atoms with Gasteiger partial charge < -0.3 is 9.26 Å². The van der Waals surface area contributed by atoms with Crippen LogP contribution in [0.3, 0.4) is 0 Å². The first-order chi connectivity index (χ1) is 10.7. The van der Waals surface area contributed by atoms with E-state index in [1.165, 1.54) is 5.56 Å². The summed E-state index contributed by atoms with van der Waals surface area (Å²) in [6.45, 7) is 7.54. The first-order valence-corrected chi connectivity index (χ1v) is 7.59. The average Bonchev–Trinajstić information content (AvgIpc) is 3.06. The van der Waals surface area contributed by atoms with Gasteiger partial charge in [0.15, 0.2) is 0 Å². The number of hydrogen-bond donors (Lipinski definition) is 0. The van der Waals surface area contributed by atoms with Crippen LogP contribution in [0.5, 0.6) is 0 Å². The standard InChI is InChI=1S/C17H22N2O3/c1-3-19(4-2)12-14-5-7-16(8-6-14)17(20)21-10-9-15-11-18-22-13-15/h5-8,11,13H,3-4,9-10,12H2,1-2H3. The fourth-order valence-electron chi connectivity index (χ4n) is 2.15. The zero-order valence-electron chi connectivity index (χ0n) is 13.1. The summed E-state index contributed by atoms with van der Waals surface area (Å²) in [5.41, 5.74) is 2.70. The maximum absolute atomic E-state index is 11.9. The first-order valence-electron chi connectivity index (χ1n) is 7.59. The predicted octanol–water partition coefficient (Wildman–Crippen LogP) is 2.92. The molecular weight excluding hydrogens is 280 g/mol. The van der Waals surface area contributed by atoms with Gasteiger partial charge in [0.2, 0.25) is 0 Å². The van der Waals surface area contributed by atoms with Crippen molar-refractivity contribution < 1.29 is 14.1 Å². The Bertz CT molecular complexity index is 560. The number of aromatic nitrogens is 1. The predicted molar refractivity (Wildman–Crippen MR) is 83.6 cm³/mol. The molecule has 0 aliphatic carbocycles. The number of carbonyl (C=O) groups is 1. The largest absolute Gasteiger partial charge is 0.462 e. The quantitative estimate of drug-likeness (QED) is 0.702. The summed E-state index contributed by atoms with van der Waals surface area (Å²) in [4.78, 5) is 14.3. The van der Waals surface area contributed by atoms with Crippen molar-refractivity contribution in [1.29, 1.82) is 0 Å². The van der Waals surface area contributed by atoms with Crippen LogP contribution in [0, 0.1) is 0 Å². The number of benzene rings is 1. The Labute approximate surface area is 130 Å². The van der Waals surface area contributed by atoms with Gasteiger partial charge >= 0.3 is 5.97 Å². The minimum Gasteiger partial charge on any atom is -0.462 e. The number of esters is 1. The van der Waals surface area contributed by atoms with Crippen molar-refractivity contribution in [2.75, 3.05) is 19.7 Å². The molecule has 22 heavy (non-hydrogen) atoms. The second-order valence-electron chi connectivity index (χ2n) is 5.08. The smallest absolute Gasteiger partial charge is 0.338 e. The number of nitrogens with zero attached hydrogens (tertiary/aromatic N) is 2. The lowest BCUT2D eigenvalue weighted by Gasteiger charge is -2.17. The van der Waals surface area contributed by atoms with E-state index in [4.69, 9.17) is 9.26 Å². The van der Waals surface area contributed by atoms with Crippen molar-refractivity contribution in [3.63, 3.8) is 0 Å². The van der Waals surface area contributed by atoms with Crippen molar-refractivity contribution in [3.05, 3.63) is 53.4 Å². The lowest BCUT2D eigenvalue weighted by Crippen LogP contribution is -2.22. The fraction of sp³-hybridized carbons (Fsp3) is 0.412. The fourth-order valence-corrected chi connectivity index (χ4v) is 2.15. The molecule has 2 rings (SSSR count). The van der Waals surface area contributed by atoms with Gasteiger partial charge in [0.25, 0.3) is 0 Å². The van der Waals surface area contributed by atoms with Gasteiger partial charge in [0.1, 0.15) is 6.26 Å². The maximum Gasteiger partial charge on any atom is 0.338 e. The number of rotatable bonds is 8. The number of ether oxygens (including phenoxy) is 1. The summed E-state index contributed by atoms with van der Waals surface area (Å²) in [6.07, 6.45) is 3.78. The molecule has 0 amide bonds. The van der Waals surface area contributed by atoms with Gasteiger partial charge in [0.05, 0.1) is 18.4 Å². The molecule has 2 aromatic rings. The second-order valence-corrected chi connectivity index (χ2v) is 5.08. The van der Waals surface area contributed by atoms with Crippen LogP contribution in [0.15, 0.2) is 41.2 Å². The molecule has 0 fully saturated rings. The molecular formula is C17H22N2O3. The SMILES string of the molecule is CCN(CC)Cc1ccc(C(=O)OCCc2cnoc2)cc1. The Kier molecular flexibility index (Phi) is 6.15. The molecule has 0 bridgehead atoms. The van der Waals surface area contributed by atoms with Gasteiger partial charge in [-0.05, 0) is 30.8 Å². The van der Waals surface area contributed by atoms with Crippen LogP contribution in [0.1, 0.15) is 35.3 Å². The molecule has 5 nitrogen and oxygen atoms in total. The van der Waals surface area contributed by atoms with Crippen molar-refractivity contribution in [2.45, 2.75) is 26.8 Å². The molecule has 0 unspecified atom stereocenters. The van der Waals surface area contributed by atoms with E-state index < -0.39 is 0 Å². The second kappa shape index (κ2) is 8.34. The summed E-state index contributed by atoms with van der Waals surface area (Å²) in [5.74, 6) is -0.300. The van der Waals surface area contributed by atoms with E-state index in [1.54, 1.807) is 12.5 Å². The Morgan fingerprint density at radius 2 is 1.91 bits per heavy atom. The maximum atomic E-state index is 11.9. The molecule has 1 aromatic carbocycles. The Hall–Kier alpha value is -2.14.